The lowest BCUT2D eigenvalue weighted by atomic mass is 9.98. The van der Waals surface area contributed by atoms with Crippen LogP contribution < -0.4 is 0 Å². The number of hydrogen-bond donors (Lipinski definition) is 0. The molecule has 1 fully saturated rings. The van der Waals surface area contributed by atoms with Gasteiger partial charge in [0.15, 0.2) is 0 Å². The Balaban J connectivity index is 1.74. The minimum Gasteiger partial charge on any atom is -0.207 e. The highest BCUT2D eigenvalue weighted by molar-refractivity contribution is 7.89. The molecule has 21 heavy (non-hydrogen) atoms. The Hall–Kier alpha value is -1.91. The molecule has 0 aromatic heterocycles. The van der Waals surface area contributed by atoms with Crippen molar-refractivity contribution in [3.05, 3.63) is 71.3 Å². The van der Waals surface area contributed by atoms with Gasteiger partial charge in [-0.2, -0.15) is 4.31 Å². The third-order valence-corrected chi connectivity index (χ3v) is 6.08. The van der Waals surface area contributed by atoms with Gasteiger partial charge in [-0.25, -0.2) is 8.42 Å². The molecule has 3 atom stereocenters. The van der Waals surface area contributed by atoms with Crippen LogP contribution in [0.15, 0.2) is 59.5 Å². The largest absolute Gasteiger partial charge is 0.244 e. The van der Waals surface area contributed by atoms with Gasteiger partial charge < -0.3 is 0 Å². The highest BCUT2D eigenvalue weighted by Gasteiger charge is 2.56. The molecule has 3 nitrogen and oxygen atoms in total. The van der Waals surface area contributed by atoms with E-state index < -0.39 is 10.0 Å². The minimum absolute atomic E-state index is 0.0359. The molecule has 0 N–H and O–H groups in total. The molecule has 2 aromatic carbocycles. The maximum atomic E-state index is 12.8. The van der Waals surface area contributed by atoms with E-state index in [1.165, 1.54) is 0 Å². The molecular formula is C17H15NO2S. The van der Waals surface area contributed by atoms with Crippen molar-refractivity contribution < 1.29 is 8.42 Å². The molecule has 0 radical (unpaired) electrons. The fourth-order valence-corrected chi connectivity index (χ4v) is 4.73. The predicted molar refractivity (Wildman–Crippen MR) is 82.2 cm³/mol. The minimum atomic E-state index is -3.43. The summed E-state index contributed by atoms with van der Waals surface area (Å²) in [6, 6.07) is 14.9. The number of sulfonamides is 1. The summed E-state index contributed by atoms with van der Waals surface area (Å²) in [5.41, 5.74) is 3.27. The highest BCUT2D eigenvalue weighted by atomic mass is 32.2. The van der Waals surface area contributed by atoms with Crippen molar-refractivity contribution >= 4 is 16.1 Å². The van der Waals surface area contributed by atoms with E-state index in [4.69, 9.17) is 0 Å². The Kier molecular flexibility index (Phi) is 2.62. The average molecular weight is 297 g/mol. The molecule has 1 aliphatic heterocycles. The summed E-state index contributed by atoms with van der Waals surface area (Å²) < 4.78 is 27.1. The zero-order valence-electron chi connectivity index (χ0n) is 11.6. The second-order valence-electron chi connectivity index (χ2n) is 5.57. The van der Waals surface area contributed by atoms with Crippen LogP contribution in [0.5, 0.6) is 0 Å². The zero-order valence-corrected chi connectivity index (χ0v) is 12.4. The molecule has 0 spiro atoms. The van der Waals surface area contributed by atoms with Gasteiger partial charge in [-0.1, -0.05) is 54.1 Å². The highest BCUT2D eigenvalue weighted by Crippen LogP contribution is 2.51. The summed E-state index contributed by atoms with van der Waals surface area (Å²) in [6.45, 7) is 1.95. The number of nitrogens with zero attached hydrogens (tertiary/aromatic N) is 1. The van der Waals surface area contributed by atoms with Crippen molar-refractivity contribution in [2.45, 2.75) is 23.9 Å². The number of rotatable bonds is 2. The summed E-state index contributed by atoms with van der Waals surface area (Å²) >= 11 is 0. The van der Waals surface area contributed by atoms with Crippen molar-refractivity contribution in [2.75, 3.05) is 0 Å². The van der Waals surface area contributed by atoms with Crippen LogP contribution in [0.25, 0.3) is 6.08 Å². The van der Waals surface area contributed by atoms with E-state index in [2.05, 4.69) is 0 Å². The summed E-state index contributed by atoms with van der Waals surface area (Å²) in [6.07, 6.45) is 4.00. The second kappa shape index (κ2) is 4.29. The first-order valence-corrected chi connectivity index (χ1v) is 8.40. The summed E-state index contributed by atoms with van der Waals surface area (Å²) in [5.74, 6) is 0. The fraction of sp³-hybridized carbons (Fsp3) is 0.176. The normalized spacial score (nSPS) is 26.0. The molecule has 0 saturated carbocycles. The van der Waals surface area contributed by atoms with Gasteiger partial charge in [-0.15, -0.1) is 0 Å². The van der Waals surface area contributed by atoms with Crippen LogP contribution >= 0.6 is 0 Å². The van der Waals surface area contributed by atoms with E-state index in [9.17, 15) is 8.42 Å². The molecule has 3 unspecified atom stereocenters. The molecule has 1 heterocycles. The Morgan fingerprint density at radius 1 is 1.00 bits per heavy atom. The van der Waals surface area contributed by atoms with Crippen molar-refractivity contribution in [3.8, 4) is 0 Å². The Morgan fingerprint density at radius 3 is 2.48 bits per heavy atom. The van der Waals surface area contributed by atoms with Crippen LogP contribution in [-0.4, -0.2) is 18.8 Å². The lowest BCUT2D eigenvalue weighted by molar-refractivity contribution is 0.551. The smallest absolute Gasteiger partial charge is 0.207 e. The molecule has 4 heteroatoms. The van der Waals surface area contributed by atoms with E-state index in [1.54, 1.807) is 16.4 Å². The monoisotopic (exact) mass is 297 g/mol. The maximum Gasteiger partial charge on any atom is 0.244 e. The molecular weight excluding hydrogens is 282 g/mol. The average Bonchev–Trinajstić information content (AvgIpc) is 3.23. The molecule has 0 amide bonds. The van der Waals surface area contributed by atoms with E-state index >= 15 is 0 Å². The van der Waals surface area contributed by atoms with E-state index in [-0.39, 0.29) is 12.1 Å². The van der Waals surface area contributed by atoms with E-state index in [0.29, 0.717) is 4.90 Å². The lowest BCUT2D eigenvalue weighted by Gasteiger charge is -2.08. The Morgan fingerprint density at radius 2 is 1.71 bits per heavy atom. The number of fused-ring (bicyclic) bond motifs is 3. The Labute approximate surface area is 124 Å². The van der Waals surface area contributed by atoms with Gasteiger partial charge in [-0.05, 0) is 30.2 Å². The van der Waals surface area contributed by atoms with Crippen LogP contribution in [0.1, 0.15) is 22.7 Å². The van der Waals surface area contributed by atoms with E-state index in [1.807, 2.05) is 55.5 Å². The van der Waals surface area contributed by atoms with Crippen LogP contribution in [0, 0.1) is 6.92 Å². The SMILES string of the molecule is Cc1ccc(S(=O)(=O)N2C3C=Cc4ccccc4C32)cc1. The van der Waals surface area contributed by atoms with Gasteiger partial charge in [0.1, 0.15) is 0 Å². The van der Waals surface area contributed by atoms with Gasteiger partial charge in [0, 0.05) is 0 Å². The summed E-state index contributed by atoms with van der Waals surface area (Å²) in [5, 5.41) is 0. The molecule has 1 saturated heterocycles. The molecule has 106 valence electrons. The second-order valence-corrected chi connectivity index (χ2v) is 7.41. The van der Waals surface area contributed by atoms with Gasteiger partial charge in [0.2, 0.25) is 10.0 Å². The van der Waals surface area contributed by atoms with Crippen LogP contribution in [0.3, 0.4) is 0 Å². The first-order chi connectivity index (χ1) is 10.1. The van der Waals surface area contributed by atoms with Gasteiger partial charge in [0.25, 0.3) is 0 Å². The molecule has 0 bridgehead atoms. The van der Waals surface area contributed by atoms with Crippen LogP contribution in [-0.2, 0) is 10.0 Å². The third kappa shape index (κ3) is 1.87. The van der Waals surface area contributed by atoms with Gasteiger partial charge >= 0.3 is 0 Å². The lowest BCUT2D eigenvalue weighted by Crippen LogP contribution is -2.14. The number of hydrogen-bond acceptors (Lipinski definition) is 2. The van der Waals surface area contributed by atoms with Crippen LogP contribution in [0.2, 0.25) is 0 Å². The van der Waals surface area contributed by atoms with E-state index in [0.717, 1.165) is 16.7 Å². The molecule has 1 aliphatic carbocycles. The molecule has 2 aromatic rings. The van der Waals surface area contributed by atoms with Crippen molar-refractivity contribution in [1.82, 2.24) is 4.31 Å². The first-order valence-electron chi connectivity index (χ1n) is 6.96. The van der Waals surface area contributed by atoms with Crippen LogP contribution in [0.4, 0.5) is 0 Å². The maximum absolute atomic E-state index is 12.8. The zero-order chi connectivity index (χ0) is 14.6. The third-order valence-electron chi connectivity index (χ3n) is 4.19. The van der Waals surface area contributed by atoms with Gasteiger partial charge in [-0.3, -0.25) is 0 Å². The van der Waals surface area contributed by atoms with Crippen molar-refractivity contribution in [1.29, 1.82) is 0 Å². The Bertz CT molecular complexity index is 837. The fourth-order valence-electron chi connectivity index (χ4n) is 3.02. The molecule has 2 aliphatic rings. The topological polar surface area (TPSA) is 37.1 Å². The number of aryl methyl sites for hydroxylation is 1. The summed E-state index contributed by atoms with van der Waals surface area (Å²) in [7, 11) is -3.43. The number of benzene rings is 2. The van der Waals surface area contributed by atoms with Gasteiger partial charge in [0.05, 0.1) is 17.0 Å². The first kappa shape index (κ1) is 12.8. The summed E-state index contributed by atoms with van der Waals surface area (Å²) in [4.78, 5) is 0.369. The molecule has 4 rings (SSSR count). The van der Waals surface area contributed by atoms with Crippen molar-refractivity contribution in [2.24, 2.45) is 0 Å². The predicted octanol–water partition coefficient (Wildman–Crippen LogP) is 3.14. The van der Waals surface area contributed by atoms with Crippen molar-refractivity contribution in [3.63, 3.8) is 0 Å². The quantitative estimate of drug-likeness (QED) is 0.799. The standard InChI is InChI=1S/C17H15NO2S/c1-12-6-9-14(10-7-12)21(19,20)18-16-11-8-13-4-2-3-5-15(13)17(16)18/h2-11,16-17H,1H3.